The topological polar surface area (TPSA) is 56.5 Å². The second-order valence-electron chi connectivity index (χ2n) is 3.73. The first kappa shape index (κ1) is 15.4. The Morgan fingerprint density at radius 2 is 2.11 bits per heavy atom. The summed E-state index contributed by atoms with van der Waals surface area (Å²) in [5.41, 5.74) is 6.08. The zero-order valence-corrected chi connectivity index (χ0v) is 10.6. The molecule has 0 spiro atoms. The minimum absolute atomic E-state index is 0.135. The first-order valence-electron chi connectivity index (χ1n) is 5.90. The zero-order valence-electron chi connectivity index (χ0n) is 10.6. The highest BCUT2D eigenvalue weighted by Crippen LogP contribution is 2.29. The van der Waals surface area contributed by atoms with Crippen molar-refractivity contribution in [3.63, 3.8) is 0 Å². The lowest BCUT2D eigenvalue weighted by Gasteiger charge is -2.12. The summed E-state index contributed by atoms with van der Waals surface area (Å²) in [6, 6.07) is 2.07. The van der Waals surface area contributed by atoms with Crippen LogP contribution in [0, 0.1) is 5.82 Å². The number of nitrogens with two attached hydrogens (primary N) is 1. The maximum atomic E-state index is 13.3. The third kappa shape index (κ3) is 5.25. The van der Waals surface area contributed by atoms with E-state index < -0.39 is 18.2 Å². The Kier molecular flexibility index (Phi) is 6.27. The van der Waals surface area contributed by atoms with Crippen LogP contribution in [-0.2, 0) is 4.74 Å². The molecule has 0 aliphatic rings. The minimum atomic E-state index is -3.08. The first-order chi connectivity index (χ1) is 9.04. The molecule has 19 heavy (non-hydrogen) atoms. The molecule has 1 rings (SSSR count). The molecule has 0 saturated carbocycles. The van der Waals surface area contributed by atoms with E-state index in [1.54, 1.807) is 0 Å². The maximum absolute atomic E-state index is 13.3. The Balaban J connectivity index is 2.61. The molecule has 0 amide bonds. The largest absolute Gasteiger partial charge is 0.432 e. The van der Waals surface area contributed by atoms with Gasteiger partial charge in [-0.2, -0.15) is 8.78 Å². The smallest absolute Gasteiger partial charge is 0.387 e. The van der Waals surface area contributed by atoms with Crippen LogP contribution in [0.4, 0.5) is 24.5 Å². The van der Waals surface area contributed by atoms with E-state index in [1.165, 1.54) is 0 Å². The van der Waals surface area contributed by atoms with Gasteiger partial charge in [0.25, 0.3) is 0 Å². The van der Waals surface area contributed by atoms with Crippen LogP contribution in [0.2, 0.25) is 0 Å². The Labute approximate surface area is 109 Å². The molecule has 0 bridgehead atoms. The van der Waals surface area contributed by atoms with E-state index in [4.69, 9.17) is 10.5 Å². The van der Waals surface area contributed by atoms with E-state index in [0.717, 1.165) is 18.6 Å². The summed E-state index contributed by atoms with van der Waals surface area (Å²) in [7, 11) is 0. The van der Waals surface area contributed by atoms with Crippen LogP contribution in [0.5, 0.6) is 5.75 Å². The highest BCUT2D eigenvalue weighted by atomic mass is 19.3. The van der Waals surface area contributed by atoms with Crippen molar-refractivity contribution in [2.45, 2.75) is 20.0 Å². The van der Waals surface area contributed by atoms with Crippen LogP contribution in [-0.4, -0.2) is 26.4 Å². The van der Waals surface area contributed by atoms with Crippen LogP contribution < -0.4 is 15.8 Å². The number of halogens is 3. The van der Waals surface area contributed by atoms with Gasteiger partial charge in [-0.1, -0.05) is 0 Å². The second kappa shape index (κ2) is 7.73. The molecule has 0 unspecified atom stereocenters. The molecule has 0 fully saturated rings. The monoisotopic (exact) mass is 278 g/mol. The third-order valence-corrected chi connectivity index (χ3v) is 2.31. The number of benzene rings is 1. The van der Waals surface area contributed by atoms with Gasteiger partial charge in [0, 0.05) is 31.9 Å². The van der Waals surface area contributed by atoms with Crippen molar-refractivity contribution in [3.8, 4) is 5.75 Å². The summed E-state index contributed by atoms with van der Waals surface area (Å²) in [5, 5.41) is 2.92. The number of alkyl halides is 2. The number of nitrogen functional groups attached to an aromatic ring is 1. The number of hydrogen-bond acceptors (Lipinski definition) is 4. The molecule has 0 atom stereocenters. The zero-order chi connectivity index (χ0) is 14.3. The van der Waals surface area contributed by atoms with Gasteiger partial charge in [0.1, 0.15) is 0 Å². The molecule has 0 heterocycles. The van der Waals surface area contributed by atoms with Crippen molar-refractivity contribution in [2.75, 3.05) is 30.8 Å². The summed E-state index contributed by atoms with van der Waals surface area (Å²) >= 11 is 0. The third-order valence-electron chi connectivity index (χ3n) is 2.31. The van der Waals surface area contributed by atoms with Gasteiger partial charge >= 0.3 is 6.61 Å². The van der Waals surface area contributed by atoms with E-state index in [9.17, 15) is 13.2 Å². The summed E-state index contributed by atoms with van der Waals surface area (Å²) < 4.78 is 46.6. The van der Waals surface area contributed by atoms with Gasteiger partial charge in [0.15, 0.2) is 11.6 Å². The molecule has 1 aromatic rings. The van der Waals surface area contributed by atoms with Crippen LogP contribution in [0.15, 0.2) is 12.1 Å². The molecule has 0 aliphatic carbocycles. The van der Waals surface area contributed by atoms with Crippen LogP contribution in [0.3, 0.4) is 0 Å². The van der Waals surface area contributed by atoms with Gasteiger partial charge in [0.05, 0.1) is 11.4 Å². The van der Waals surface area contributed by atoms with Crippen molar-refractivity contribution in [1.82, 2.24) is 0 Å². The normalized spacial score (nSPS) is 10.8. The highest BCUT2D eigenvalue weighted by molar-refractivity contribution is 5.68. The molecule has 0 radical (unpaired) electrons. The number of rotatable bonds is 8. The fourth-order valence-corrected chi connectivity index (χ4v) is 1.45. The average Bonchev–Trinajstić information content (AvgIpc) is 2.33. The maximum Gasteiger partial charge on any atom is 0.387 e. The molecule has 0 aliphatic heterocycles. The van der Waals surface area contributed by atoms with Crippen LogP contribution in [0.1, 0.15) is 13.3 Å². The Morgan fingerprint density at radius 1 is 1.37 bits per heavy atom. The summed E-state index contributed by atoms with van der Waals surface area (Å²) in [5.74, 6) is -1.45. The quantitative estimate of drug-likeness (QED) is 0.567. The van der Waals surface area contributed by atoms with E-state index in [1.807, 2.05) is 6.92 Å². The molecular formula is C12H17F3N2O2. The van der Waals surface area contributed by atoms with Gasteiger partial charge in [-0.05, 0) is 13.3 Å². The number of ether oxygens (including phenoxy) is 2. The van der Waals surface area contributed by atoms with E-state index in [0.29, 0.717) is 25.4 Å². The standard InChI is InChI=1S/C12H17F3N2O2/c1-2-18-5-3-4-17-10-7-11(19-12(14)15)8(13)6-9(10)16/h6-7,12,17H,2-5,16H2,1H3. The number of anilines is 2. The first-order valence-corrected chi connectivity index (χ1v) is 5.90. The van der Waals surface area contributed by atoms with Gasteiger partial charge in [0.2, 0.25) is 0 Å². The van der Waals surface area contributed by atoms with Gasteiger partial charge in [-0.15, -0.1) is 0 Å². The molecule has 7 heteroatoms. The lowest BCUT2D eigenvalue weighted by molar-refractivity contribution is -0.0521. The van der Waals surface area contributed by atoms with Crippen molar-refractivity contribution in [3.05, 3.63) is 17.9 Å². The minimum Gasteiger partial charge on any atom is -0.432 e. The Hall–Kier alpha value is -1.63. The van der Waals surface area contributed by atoms with Gasteiger partial charge in [-0.3, -0.25) is 0 Å². The number of nitrogens with one attached hydrogen (secondary N) is 1. The fourth-order valence-electron chi connectivity index (χ4n) is 1.45. The molecule has 0 saturated heterocycles. The number of hydrogen-bond donors (Lipinski definition) is 2. The summed E-state index contributed by atoms with van der Waals surface area (Å²) in [4.78, 5) is 0. The van der Waals surface area contributed by atoms with E-state index in [2.05, 4.69) is 10.1 Å². The highest BCUT2D eigenvalue weighted by Gasteiger charge is 2.13. The summed E-state index contributed by atoms with van der Waals surface area (Å²) in [6.45, 7) is 0.545. The van der Waals surface area contributed by atoms with Crippen molar-refractivity contribution in [2.24, 2.45) is 0 Å². The lowest BCUT2D eigenvalue weighted by Crippen LogP contribution is -2.09. The predicted molar refractivity (Wildman–Crippen MR) is 67.0 cm³/mol. The predicted octanol–water partition coefficient (Wildman–Crippen LogP) is 2.85. The van der Waals surface area contributed by atoms with E-state index >= 15 is 0 Å². The van der Waals surface area contributed by atoms with Gasteiger partial charge < -0.3 is 20.5 Å². The lowest BCUT2D eigenvalue weighted by atomic mass is 10.2. The fraction of sp³-hybridized carbons (Fsp3) is 0.500. The molecule has 108 valence electrons. The van der Waals surface area contributed by atoms with E-state index in [-0.39, 0.29) is 5.69 Å². The molecule has 0 aromatic heterocycles. The SMILES string of the molecule is CCOCCCNc1cc(OC(F)F)c(F)cc1N. The van der Waals surface area contributed by atoms with Crippen molar-refractivity contribution in [1.29, 1.82) is 0 Å². The summed E-state index contributed by atoms with van der Waals surface area (Å²) in [6.07, 6.45) is 0.718. The second-order valence-corrected chi connectivity index (χ2v) is 3.73. The molecule has 3 N–H and O–H groups in total. The molecular weight excluding hydrogens is 261 g/mol. The van der Waals surface area contributed by atoms with Crippen LogP contribution >= 0.6 is 0 Å². The average molecular weight is 278 g/mol. The van der Waals surface area contributed by atoms with Crippen molar-refractivity contribution < 1.29 is 22.6 Å². The Bertz CT molecular complexity index is 403. The van der Waals surface area contributed by atoms with Crippen molar-refractivity contribution >= 4 is 11.4 Å². The molecule has 1 aromatic carbocycles. The Morgan fingerprint density at radius 3 is 2.74 bits per heavy atom. The molecule has 4 nitrogen and oxygen atoms in total. The van der Waals surface area contributed by atoms with Gasteiger partial charge in [-0.25, -0.2) is 4.39 Å². The van der Waals surface area contributed by atoms with Crippen LogP contribution in [0.25, 0.3) is 0 Å².